The molecule has 1 amide bonds. The number of piperidine rings is 1. The highest BCUT2D eigenvalue weighted by Crippen LogP contribution is 2.25. The minimum atomic E-state index is -0.501. The number of carbonyl (C=O) groups is 1. The van der Waals surface area contributed by atoms with Crippen LogP contribution in [0.1, 0.15) is 26.2 Å². The smallest absolute Gasteiger partial charge is 0.261 e. The molecule has 1 aromatic heterocycles. The van der Waals surface area contributed by atoms with Crippen molar-refractivity contribution < 1.29 is 9.90 Å². The zero-order valence-electron chi connectivity index (χ0n) is 15.3. The summed E-state index contributed by atoms with van der Waals surface area (Å²) in [5.41, 5.74) is 3.25. The Kier molecular flexibility index (Phi) is 6.82. The number of rotatable bonds is 5. The number of aromatic nitrogens is 2. The molecule has 1 saturated heterocycles. The SMILES string of the molecule is CC(=O)N/N=C(/CC1NCCCC1O)Cn1cnc2cc(Br)c(Cl)cc2c1=O. The number of hydrazone groups is 1. The van der Waals surface area contributed by atoms with Crippen LogP contribution < -0.4 is 16.3 Å². The second-order valence-electron chi connectivity index (χ2n) is 6.78. The Morgan fingerprint density at radius 3 is 3.04 bits per heavy atom. The average Bonchev–Trinajstić information content (AvgIpc) is 2.65. The van der Waals surface area contributed by atoms with Gasteiger partial charge in [-0.2, -0.15) is 5.10 Å². The molecule has 2 aromatic rings. The zero-order valence-corrected chi connectivity index (χ0v) is 17.6. The van der Waals surface area contributed by atoms with Crippen molar-refractivity contribution in [1.29, 1.82) is 0 Å². The van der Waals surface area contributed by atoms with Gasteiger partial charge < -0.3 is 10.4 Å². The summed E-state index contributed by atoms with van der Waals surface area (Å²) in [6.07, 6.45) is 2.95. The van der Waals surface area contributed by atoms with E-state index in [-0.39, 0.29) is 24.1 Å². The first-order chi connectivity index (χ1) is 13.3. The van der Waals surface area contributed by atoms with Crippen molar-refractivity contribution in [3.05, 3.63) is 38.3 Å². The molecule has 0 aliphatic carbocycles. The fourth-order valence-corrected chi connectivity index (χ4v) is 3.66. The Hall–Kier alpha value is -1.81. The fourth-order valence-electron chi connectivity index (χ4n) is 3.16. The summed E-state index contributed by atoms with van der Waals surface area (Å²) < 4.78 is 2.08. The number of carbonyl (C=O) groups excluding carboxylic acids is 1. The van der Waals surface area contributed by atoms with Crippen molar-refractivity contribution in [3.8, 4) is 0 Å². The molecule has 0 spiro atoms. The minimum Gasteiger partial charge on any atom is -0.391 e. The maximum absolute atomic E-state index is 12.9. The van der Waals surface area contributed by atoms with Gasteiger partial charge in [0, 0.05) is 23.9 Å². The number of nitrogens with zero attached hydrogens (tertiary/aromatic N) is 3. The third-order valence-corrected chi connectivity index (χ3v) is 5.79. The van der Waals surface area contributed by atoms with Crippen LogP contribution in [0.5, 0.6) is 0 Å². The van der Waals surface area contributed by atoms with Crippen molar-refractivity contribution in [1.82, 2.24) is 20.3 Å². The van der Waals surface area contributed by atoms with Crippen LogP contribution in [0, 0.1) is 0 Å². The van der Waals surface area contributed by atoms with Crippen LogP contribution in [0.25, 0.3) is 10.9 Å². The summed E-state index contributed by atoms with van der Waals surface area (Å²) in [6.45, 7) is 2.30. The van der Waals surface area contributed by atoms with E-state index in [9.17, 15) is 14.7 Å². The van der Waals surface area contributed by atoms with Crippen molar-refractivity contribution in [3.63, 3.8) is 0 Å². The van der Waals surface area contributed by atoms with Gasteiger partial charge in [-0.1, -0.05) is 11.6 Å². The van der Waals surface area contributed by atoms with Crippen LogP contribution in [-0.4, -0.2) is 45.0 Å². The van der Waals surface area contributed by atoms with Crippen molar-refractivity contribution in [2.24, 2.45) is 5.10 Å². The number of aliphatic hydroxyl groups is 1. The van der Waals surface area contributed by atoms with Crippen LogP contribution in [0.15, 0.2) is 32.8 Å². The van der Waals surface area contributed by atoms with Crippen LogP contribution >= 0.6 is 27.5 Å². The van der Waals surface area contributed by atoms with E-state index in [0.29, 0.717) is 39.0 Å². The molecule has 0 bridgehead atoms. The van der Waals surface area contributed by atoms with Gasteiger partial charge in [0.1, 0.15) is 0 Å². The van der Waals surface area contributed by atoms with Crippen LogP contribution in [0.4, 0.5) is 0 Å². The lowest BCUT2D eigenvalue weighted by Crippen LogP contribution is -2.46. The Bertz CT molecular complexity index is 978. The van der Waals surface area contributed by atoms with E-state index in [1.807, 2.05) is 0 Å². The molecule has 0 saturated carbocycles. The van der Waals surface area contributed by atoms with Gasteiger partial charge in [0.05, 0.1) is 40.6 Å². The quantitative estimate of drug-likeness (QED) is 0.456. The number of hydrogen-bond donors (Lipinski definition) is 3. The second kappa shape index (κ2) is 9.13. The topological polar surface area (TPSA) is 109 Å². The van der Waals surface area contributed by atoms with Gasteiger partial charge in [-0.05, 0) is 47.4 Å². The summed E-state index contributed by atoms with van der Waals surface area (Å²) in [5, 5.41) is 18.4. The van der Waals surface area contributed by atoms with E-state index in [4.69, 9.17) is 11.6 Å². The maximum Gasteiger partial charge on any atom is 0.261 e. The lowest BCUT2D eigenvalue weighted by atomic mass is 9.96. The number of aliphatic hydroxyl groups excluding tert-OH is 1. The van der Waals surface area contributed by atoms with Gasteiger partial charge in [0.25, 0.3) is 5.56 Å². The second-order valence-corrected chi connectivity index (χ2v) is 8.04. The van der Waals surface area contributed by atoms with E-state index in [0.717, 1.165) is 13.0 Å². The summed E-state index contributed by atoms with van der Waals surface area (Å²) in [5.74, 6) is -0.310. The molecule has 8 nitrogen and oxygen atoms in total. The first-order valence-electron chi connectivity index (χ1n) is 8.93. The standard InChI is InChI=1S/C18H21BrClN5O3/c1-10(26)23-24-11(5-16-17(27)3-2-4-21-16)8-25-9-22-15-7-13(19)14(20)6-12(15)18(25)28/h6-7,9,16-17,21,27H,2-5,8H2,1H3,(H,23,26)/b24-11-. The van der Waals surface area contributed by atoms with E-state index in [2.05, 4.69) is 36.8 Å². The third-order valence-electron chi connectivity index (χ3n) is 4.59. The summed E-state index contributed by atoms with van der Waals surface area (Å²) >= 11 is 9.44. The summed E-state index contributed by atoms with van der Waals surface area (Å²) in [6, 6.07) is 3.08. The molecule has 3 rings (SSSR count). The third kappa shape index (κ3) is 4.96. The Morgan fingerprint density at radius 2 is 2.32 bits per heavy atom. The molecule has 0 radical (unpaired) electrons. The van der Waals surface area contributed by atoms with Crippen molar-refractivity contribution in [2.75, 3.05) is 6.54 Å². The van der Waals surface area contributed by atoms with Crippen LogP contribution in [-0.2, 0) is 11.3 Å². The van der Waals surface area contributed by atoms with Gasteiger partial charge >= 0.3 is 0 Å². The Labute approximate surface area is 175 Å². The van der Waals surface area contributed by atoms with Gasteiger partial charge in [-0.3, -0.25) is 14.2 Å². The fraction of sp³-hybridized carbons (Fsp3) is 0.444. The molecule has 3 N–H and O–H groups in total. The molecule has 2 unspecified atom stereocenters. The normalized spacial score (nSPS) is 20.4. The highest BCUT2D eigenvalue weighted by Gasteiger charge is 2.24. The first-order valence-corrected chi connectivity index (χ1v) is 10.1. The van der Waals surface area contributed by atoms with Gasteiger partial charge in [-0.15, -0.1) is 0 Å². The molecule has 28 heavy (non-hydrogen) atoms. The molecule has 1 aliphatic heterocycles. The van der Waals surface area contributed by atoms with Gasteiger partial charge in [-0.25, -0.2) is 10.4 Å². The molecule has 1 fully saturated rings. The molecule has 150 valence electrons. The monoisotopic (exact) mass is 469 g/mol. The predicted octanol–water partition coefficient (Wildman–Crippen LogP) is 1.81. The highest BCUT2D eigenvalue weighted by molar-refractivity contribution is 9.10. The molecular weight excluding hydrogens is 450 g/mol. The summed E-state index contributed by atoms with van der Waals surface area (Å²) in [7, 11) is 0. The zero-order chi connectivity index (χ0) is 20.3. The molecular formula is C18H21BrClN5O3. The number of nitrogens with one attached hydrogen (secondary N) is 2. The lowest BCUT2D eigenvalue weighted by Gasteiger charge is -2.29. The maximum atomic E-state index is 12.9. The minimum absolute atomic E-state index is 0.140. The van der Waals surface area contributed by atoms with E-state index >= 15 is 0 Å². The number of halogens is 2. The number of amides is 1. The van der Waals surface area contributed by atoms with E-state index in [1.165, 1.54) is 17.8 Å². The molecule has 10 heteroatoms. The first kappa shape index (κ1) is 20.9. The number of benzene rings is 1. The Balaban J connectivity index is 1.90. The molecule has 1 aromatic carbocycles. The van der Waals surface area contributed by atoms with Crippen LogP contribution in [0.2, 0.25) is 5.02 Å². The average molecular weight is 471 g/mol. The van der Waals surface area contributed by atoms with Crippen molar-refractivity contribution in [2.45, 2.75) is 44.9 Å². The number of hydrogen-bond acceptors (Lipinski definition) is 6. The summed E-state index contributed by atoms with van der Waals surface area (Å²) in [4.78, 5) is 28.5. The molecule has 1 aliphatic rings. The molecule has 2 heterocycles. The largest absolute Gasteiger partial charge is 0.391 e. The van der Waals surface area contributed by atoms with Gasteiger partial charge in [0.15, 0.2) is 0 Å². The lowest BCUT2D eigenvalue weighted by molar-refractivity contribution is -0.118. The van der Waals surface area contributed by atoms with Gasteiger partial charge in [0.2, 0.25) is 5.91 Å². The van der Waals surface area contributed by atoms with E-state index in [1.54, 1.807) is 12.1 Å². The predicted molar refractivity (Wildman–Crippen MR) is 112 cm³/mol. The number of fused-ring (bicyclic) bond motifs is 1. The van der Waals surface area contributed by atoms with Crippen LogP contribution in [0.3, 0.4) is 0 Å². The van der Waals surface area contributed by atoms with Crippen molar-refractivity contribution >= 4 is 50.1 Å². The highest BCUT2D eigenvalue weighted by atomic mass is 79.9. The van der Waals surface area contributed by atoms with E-state index < -0.39 is 6.10 Å². The molecule has 2 atom stereocenters. The Morgan fingerprint density at radius 1 is 1.54 bits per heavy atom.